The summed E-state index contributed by atoms with van der Waals surface area (Å²) in [4.78, 5) is -2.04. The van der Waals surface area contributed by atoms with Crippen molar-refractivity contribution in [3.05, 3.63) is 53.1 Å². The Labute approximate surface area is 138 Å². The van der Waals surface area contributed by atoms with E-state index in [1.165, 1.54) is 0 Å². The van der Waals surface area contributed by atoms with E-state index in [4.69, 9.17) is 0 Å². The summed E-state index contributed by atoms with van der Waals surface area (Å²) in [6.07, 6.45) is 0. The Balaban J connectivity index is 2.65. The molecule has 0 unspecified atom stereocenters. The molecule has 0 radical (unpaired) electrons. The first-order chi connectivity index (χ1) is 11.5. The molecule has 2 rings (SSSR count). The van der Waals surface area contributed by atoms with Crippen LogP contribution in [0, 0.1) is 34.9 Å². The van der Waals surface area contributed by atoms with Crippen LogP contribution in [0.25, 0.3) is 0 Å². The van der Waals surface area contributed by atoms with Gasteiger partial charge in [0.1, 0.15) is 0 Å². The van der Waals surface area contributed by atoms with Gasteiger partial charge in [-0.3, -0.25) is 4.31 Å². The molecule has 11 heteroatoms. The number of anilines is 1. The molecule has 0 atom stereocenters. The fraction of sp³-hybridized carbons (Fsp3) is 0.143. The minimum Gasteiger partial charge on any atom is -0.494 e. The second-order valence-corrected chi connectivity index (χ2v) is 6.60. The highest BCUT2D eigenvalue weighted by molar-refractivity contribution is 7.92. The van der Waals surface area contributed by atoms with Crippen molar-refractivity contribution in [1.29, 1.82) is 0 Å². The number of ether oxygens (including phenoxy) is 1. The molecule has 4 nitrogen and oxygen atoms in total. The van der Waals surface area contributed by atoms with Crippen LogP contribution in [0.2, 0.25) is 0 Å². The van der Waals surface area contributed by atoms with E-state index in [0.29, 0.717) is 6.07 Å². The zero-order valence-electron chi connectivity index (χ0n) is 12.6. The second-order valence-electron chi connectivity index (χ2n) is 4.69. The number of nitrogens with zero attached hydrogens (tertiary/aromatic N) is 1. The van der Waals surface area contributed by atoms with E-state index in [1.807, 2.05) is 0 Å². The van der Waals surface area contributed by atoms with Gasteiger partial charge < -0.3 is 4.74 Å². The van der Waals surface area contributed by atoms with E-state index in [1.54, 1.807) is 0 Å². The largest absolute Gasteiger partial charge is 0.494 e. The van der Waals surface area contributed by atoms with Gasteiger partial charge in [-0.2, -0.15) is 0 Å². The number of benzene rings is 2. The monoisotopic (exact) mass is 385 g/mol. The summed E-state index contributed by atoms with van der Waals surface area (Å²) in [5.41, 5.74) is -0.428. The normalized spacial score (nSPS) is 11.5. The van der Waals surface area contributed by atoms with Gasteiger partial charge in [0.2, 0.25) is 5.82 Å². The molecule has 25 heavy (non-hydrogen) atoms. The third kappa shape index (κ3) is 2.99. The van der Waals surface area contributed by atoms with E-state index >= 15 is 0 Å². The highest BCUT2D eigenvalue weighted by Crippen LogP contribution is 2.32. The molecular weight excluding hydrogens is 376 g/mol. The van der Waals surface area contributed by atoms with Crippen LogP contribution in [0.15, 0.2) is 23.1 Å². The lowest BCUT2D eigenvalue weighted by Crippen LogP contribution is -2.29. The SMILES string of the molecule is COc1ccc(N(C)S(=O)(=O)c2c(F)c(F)c(F)c(F)c2F)cc1F. The third-order valence-electron chi connectivity index (χ3n) is 3.29. The summed E-state index contributed by atoms with van der Waals surface area (Å²) in [5, 5.41) is 0. The number of methoxy groups -OCH3 is 1. The first-order valence-electron chi connectivity index (χ1n) is 6.38. The fourth-order valence-electron chi connectivity index (χ4n) is 1.94. The van der Waals surface area contributed by atoms with Gasteiger partial charge in [-0.1, -0.05) is 0 Å². The summed E-state index contributed by atoms with van der Waals surface area (Å²) in [5.74, 6) is -13.6. The average molecular weight is 385 g/mol. The van der Waals surface area contributed by atoms with E-state index in [-0.39, 0.29) is 10.1 Å². The quantitative estimate of drug-likeness (QED) is 0.461. The summed E-state index contributed by atoms with van der Waals surface area (Å²) in [6.45, 7) is 0. The molecule has 0 aliphatic heterocycles. The zero-order chi connectivity index (χ0) is 19.1. The van der Waals surface area contributed by atoms with Crippen LogP contribution in [0.4, 0.5) is 32.0 Å². The van der Waals surface area contributed by atoms with Crippen molar-refractivity contribution in [3.8, 4) is 5.75 Å². The van der Waals surface area contributed by atoms with Crippen molar-refractivity contribution in [2.24, 2.45) is 0 Å². The van der Waals surface area contributed by atoms with Crippen molar-refractivity contribution >= 4 is 15.7 Å². The van der Waals surface area contributed by atoms with Crippen molar-refractivity contribution in [1.82, 2.24) is 0 Å². The Bertz CT molecular complexity index is 919. The van der Waals surface area contributed by atoms with Crippen molar-refractivity contribution in [3.63, 3.8) is 0 Å². The molecule has 0 heterocycles. The summed E-state index contributed by atoms with van der Waals surface area (Å²) in [7, 11) is -3.32. The van der Waals surface area contributed by atoms with Crippen LogP contribution in [-0.4, -0.2) is 22.6 Å². The van der Waals surface area contributed by atoms with E-state index < -0.39 is 55.5 Å². The molecule has 0 aliphatic carbocycles. The van der Waals surface area contributed by atoms with Gasteiger partial charge in [-0.25, -0.2) is 34.8 Å². The Morgan fingerprint density at radius 2 is 1.36 bits per heavy atom. The van der Waals surface area contributed by atoms with Crippen molar-refractivity contribution in [2.45, 2.75) is 4.90 Å². The zero-order valence-corrected chi connectivity index (χ0v) is 13.4. The predicted molar refractivity (Wildman–Crippen MR) is 74.8 cm³/mol. The van der Waals surface area contributed by atoms with Crippen molar-refractivity contribution < 1.29 is 39.5 Å². The smallest absolute Gasteiger partial charge is 0.270 e. The molecule has 0 aliphatic rings. The Hall–Kier alpha value is -2.43. The van der Waals surface area contributed by atoms with Gasteiger partial charge in [0.15, 0.2) is 39.7 Å². The maximum Gasteiger partial charge on any atom is 0.270 e. The van der Waals surface area contributed by atoms with Gasteiger partial charge >= 0.3 is 0 Å². The molecule has 2 aromatic rings. The highest BCUT2D eigenvalue weighted by atomic mass is 32.2. The predicted octanol–water partition coefficient (Wildman–Crippen LogP) is 3.35. The lowest BCUT2D eigenvalue weighted by Gasteiger charge is -2.21. The minimum atomic E-state index is -5.22. The topological polar surface area (TPSA) is 46.6 Å². The third-order valence-corrected chi connectivity index (χ3v) is 5.09. The maximum absolute atomic E-state index is 13.8. The Kier molecular flexibility index (Phi) is 4.89. The standard InChI is InChI=1S/C14H9F6NO3S/c1-21(6-3-4-8(24-2)7(15)5-6)25(22,23)14-12(19)10(17)9(16)11(18)13(14)20/h3-5H,1-2H3. The summed E-state index contributed by atoms with van der Waals surface area (Å²) >= 11 is 0. The van der Waals surface area contributed by atoms with Gasteiger partial charge in [0.05, 0.1) is 12.8 Å². The van der Waals surface area contributed by atoms with Crippen LogP contribution in [0.3, 0.4) is 0 Å². The summed E-state index contributed by atoms with van der Waals surface area (Å²) < 4.78 is 110. The number of hydrogen-bond acceptors (Lipinski definition) is 3. The average Bonchev–Trinajstić information content (AvgIpc) is 2.57. The lowest BCUT2D eigenvalue weighted by molar-refractivity contribution is 0.357. The highest BCUT2D eigenvalue weighted by Gasteiger charge is 2.36. The maximum atomic E-state index is 13.8. The number of sulfonamides is 1. The number of halogens is 6. The molecule has 0 bridgehead atoms. The van der Waals surface area contributed by atoms with Gasteiger partial charge in [-0.15, -0.1) is 0 Å². The lowest BCUT2D eigenvalue weighted by atomic mass is 10.3. The second kappa shape index (κ2) is 6.47. The molecule has 0 spiro atoms. The molecule has 136 valence electrons. The van der Waals surface area contributed by atoms with Gasteiger partial charge in [0.25, 0.3) is 10.0 Å². The van der Waals surface area contributed by atoms with E-state index in [2.05, 4.69) is 4.74 Å². The Morgan fingerprint density at radius 3 is 1.80 bits per heavy atom. The molecular formula is C14H9F6NO3S. The van der Waals surface area contributed by atoms with Crippen LogP contribution >= 0.6 is 0 Å². The first-order valence-corrected chi connectivity index (χ1v) is 7.82. The molecule has 0 aromatic heterocycles. The number of rotatable bonds is 4. The van der Waals surface area contributed by atoms with Crippen molar-refractivity contribution in [2.75, 3.05) is 18.5 Å². The number of hydrogen-bond donors (Lipinski definition) is 0. The molecule has 0 fully saturated rings. The van der Waals surface area contributed by atoms with Crippen LogP contribution < -0.4 is 9.04 Å². The molecule has 0 saturated carbocycles. The van der Waals surface area contributed by atoms with Crippen LogP contribution in [-0.2, 0) is 10.0 Å². The fourth-order valence-corrected chi connectivity index (χ4v) is 3.24. The minimum absolute atomic E-state index is 0.174. The summed E-state index contributed by atoms with van der Waals surface area (Å²) in [6, 6.07) is 2.70. The molecule has 0 amide bonds. The van der Waals surface area contributed by atoms with Crippen LogP contribution in [0.1, 0.15) is 0 Å². The molecule has 0 saturated heterocycles. The van der Waals surface area contributed by atoms with Crippen LogP contribution in [0.5, 0.6) is 5.75 Å². The Morgan fingerprint density at radius 1 is 0.880 bits per heavy atom. The first kappa shape index (κ1) is 18.9. The van der Waals surface area contributed by atoms with E-state index in [9.17, 15) is 34.8 Å². The molecule has 0 N–H and O–H groups in total. The van der Waals surface area contributed by atoms with E-state index in [0.717, 1.165) is 26.3 Å². The van der Waals surface area contributed by atoms with Gasteiger partial charge in [0, 0.05) is 13.1 Å². The molecule has 2 aromatic carbocycles. The van der Waals surface area contributed by atoms with Gasteiger partial charge in [-0.05, 0) is 12.1 Å².